The highest BCUT2D eigenvalue weighted by Crippen LogP contribution is 2.23. The molecule has 0 bridgehead atoms. The molecule has 0 spiro atoms. The average Bonchev–Trinajstić information content (AvgIpc) is 2.60. The van der Waals surface area contributed by atoms with E-state index in [1.54, 1.807) is 6.08 Å². The van der Waals surface area contributed by atoms with Crippen molar-refractivity contribution in [2.24, 2.45) is 0 Å². The van der Waals surface area contributed by atoms with E-state index in [4.69, 9.17) is 0 Å². The van der Waals surface area contributed by atoms with Gasteiger partial charge in [-0.05, 0) is 35.1 Å². The van der Waals surface area contributed by atoms with Gasteiger partial charge >= 0.3 is 0 Å². The van der Waals surface area contributed by atoms with Crippen molar-refractivity contribution >= 4 is 12.0 Å². The highest BCUT2D eigenvalue weighted by molar-refractivity contribution is 6.01. The lowest BCUT2D eigenvalue weighted by Gasteiger charge is -2.18. The van der Waals surface area contributed by atoms with Crippen molar-refractivity contribution in [3.05, 3.63) is 76.9 Å². The van der Waals surface area contributed by atoms with E-state index < -0.39 is 0 Å². The Morgan fingerprint density at radius 2 is 1.68 bits per heavy atom. The lowest BCUT2D eigenvalue weighted by atomic mass is 9.86. The third kappa shape index (κ3) is 5.06. The van der Waals surface area contributed by atoms with Crippen LogP contribution in [0.2, 0.25) is 0 Å². The summed E-state index contributed by atoms with van der Waals surface area (Å²) in [5.41, 5.74) is 3.23. The second kappa shape index (κ2) is 7.81. The Balaban J connectivity index is 2.14. The molecule has 0 saturated heterocycles. The molecule has 0 aliphatic heterocycles. The van der Waals surface area contributed by atoms with Gasteiger partial charge in [0.15, 0.2) is 0 Å². The zero-order chi connectivity index (χ0) is 18.4. The largest absolute Gasteiger partial charge is 0.345 e. The minimum atomic E-state index is -0.362. The molecule has 0 aliphatic rings. The summed E-state index contributed by atoms with van der Waals surface area (Å²) < 4.78 is 0. The smallest absolute Gasteiger partial charge is 0.262 e. The molecule has 0 saturated carbocycles. The van der Waals surface area contributed by atoms with Crippen molar-refractivity contribution in [2.75, 3.05) is 0 Å². The summed E-state index contributed by atoms with van der Waals surface area (Å²) in [4.78, 5) is 12.4. The van der Waals surface area contributed by atoms with Gasteiger partial charge in [-0.15, -0.1) is 0 Å². The Morgan fingerprint density at radius 1 is 1.08 bits per heavy atom. The number of carbonyl (C=O) groups is 1. The van der Waals surface area contributed by atoms with Gasteiger partial charge in [0.25, 0.3) is 5.91 Å². The summed E-state index contributed by atoms with van der Waals surface area (Å²) in [6.07, 6.45) is 1.62. The summed E-state index contributed by atoms with van der Waals surface area (Å²) >= 11 is 0. The van der Waals surface area contributed by atoms with Crippen LogP contribution in [-0.2, 0) is 10.2 Å². The van der Waals surface area contributed by atoms with Crippen LogP contribution in [0.15, 0.2) is 60.2 Å². The zero-order valence-corrected chi connectivity index (χ0v) is 15.2. The molecule has 2 aromatic carbocycles. The molecule has 1 atom stereocenters. The topological polar surface area (TPSA) is 52.9 Å². The number of nitrogens with zero attached hydrogens (tertiary/aromatic N) is 1. The maximum absolute atomic E-state index is 12.4. The van der Waals surface area contributed by atoms with Crippen molar-refractivity contribution in [2.45, 2.75) is 39.2 Å². The summed E-state index contributed by atoms with van der Waals surface area (Å²) in [6, 6.07) is 19.5. The number of hydrogen-bond acceptors (Lipinski definition) is 2. The predicted molar refractivity (Wildman–Crippen MR) is 102 cm³/mol. The first-order valence-electron chi connectivity index (χ1n) is 8.39. The first kappa shape index (κ1) is 18.5. The molecule has 3 heteroatoms. The Hall–Kier alpha value is -2.86. The van der Waals surface area contributed by atoms with Crippen molar-refractivity contribution in [1.29, 1.82) is 5.26 Å². The molecule has 3 nitrogen and oxygen atoms in total. The highest BCUT2D eigenvalue weighted by atomic mass is 16.1. The third-order valence-corrected chi connectivity index (χ3v) is 4.10. The number of nitrogens with one attached hydrogen (secondary N) is 1. The van der Waals surface area contributed by atoms with E-state index >= 15 is 0 Å². The fourth-order valence-corrected chi connectivity index (χ4v) is 2.49. The molecule has 2 rings (SSSR count). The lowest BCUT2D eigenvalue weighted by Crippen LogP contribution is -2.27. The van der Waals surface area contributed by atoms with E-state index in [2.05, 4.69) is 26.1 Å². The van der Waals surface area contributed by atoms with E-state index in [1.807, 2.05) is 67.6 Å². The van der Waals surface area contributed by atoms with Gasteiger partial charge < -0.3 is 5.32 Å². The van der Waals surface area contributed by atoms with Crippen LogP contribution in [0.5, 0.6) is 0 Å². The molecule has 25 heavy (non-hydrogen) atoms. The van der Waals surface area contributed by atoms with Gasteiger partial charge in [-0.25, -0.2) is 0 Å². The molecule has 1 unspecified atom stereocenters. The Bertz CT molecular complexity index is 791. The SMILES string of the molecule is CC(NC(=O)/C(C#N)=C\c1ccc(C(C)(C)C)cc1)c1ccccc1. The summed E-state index contributed by atoms with van der Waals surface area (Å²) in [7, 11) is 0. The molecule has 128 valence electrons. The molecule has 2 aromatic rings. The van der Waals surface area contributed by atoms with Crippen LogP contribution in [-0.4, -0.2) is 5.91 Å². The monoisotopic (exact) mass is 332 g/mol. The Kier molecular flexibility index (Phi) is 5.77. The van der Waals surface area contributed by atoms with E-state index in [-0.39, 0.29) is 22.9 Å². The van der Waals surface area contributed by atoms with Crippen LogP contribution in [0.3, 0.4) is 0 Å². The predicted octanol–water partition coefficient (Wildman–Crippen LogP) is 4.77. The first-order chi connectivity index (χ1) is 11.8. The van der Waals surface area contributed by atoms with E-state index in [0.29, 0.717) is 0 Å². The minimum Gasteiger partial charge on any atom is -0.345 e. The number of nitriles is 1. The van der Waals surface area contributed by atoms with Gasteiger partial charge in [0.05, 0.1) is 6.04 Å². The van der Waals surface area contributed by atoms with Crippen LogP contribution in [0.25, 0.3) is 6.08 Å². The number of amides is 1. The zero-order valence-electron chi connectivity index (χ0n) is 15.2. The minimum absolute atomic E-state index is 0.0722. The molecular formula is C22H24N2O. The molecule has 0 radical (unpaired) electrons. The fraction of sp³-hybridized carbons (Fsp3) is 0.273. The molecule has 0 aromatic heterocycles. The molecule has 1 N–H and O–H groups in total. The first-order valence-corrected chi connectivity index (χ1v) is 8.39. The van der Waals surface area contributed by atoms with Gasteiger partial charge in [-0.2, -0.15) is 5.26 Å². The summed E-state index contributed by atoms with van der Waals surface area (Å²) in [6.45, 7) is 8.35. The Morgan fingerprint density at radius 3 is 2.20 bits per heavy atom. The van der Waals surface area contributed by atoms with Crippen LogP contribution < -0.4 is 5.32 Å². The molecule has 1 amide bonds. The van der Waals surface area contributed by atoms with Gasteiger partial charge in [0.2, 0.25) is 0 Å². The lowest BCUT2D eigenvalue weighted by molar-refractivity contribution is -0.117. The second-order valence-corrected chi connectivity index (χ2v) is 7.15. The Labute approximate surface area is 150 Å². The van der Waals surface area contributed by atoms with Crippen molar-refractivity contribution in [3.8, 4) is 6.07 Å². The highest BCUT2D eigenvalue weighted by Gasteiger charge is 2.15. The molecule has 0 fully saturated rings. The number of hydrogen-bond donors (Lipinski definition) is 1. The summed E-state index contributed by atoms with van der Waals surface area (Å²) in [5.74, 6) is -0.362. The molecule has 0 heterocycles. The van der Waals surface area contributed by atoms with Gasteiger partial charge in [-0.3, -0.25) is 4.79 Å². The van der Waals surface area contributed by atoms with Crippen molar-refractivity contribution in [1.82, 2.24) is 5.32 Å². The molecular weight excluding hydrogens is 308 g/mol. The van der Waals surface area contributed by atoms with Crippen LogP contribution in [0, 0.1) is 11.3 Å². The van der Waals surface area contributed by atoms with Crippen LogP contribution in [0.1, 0.15) is 50.4 Å². The van der Waals surface area contributed by atoms with E-state index in [0.717, 1.165) is 11.1 Å². The number of carbonyl (C=O) groups excluding carboxylic acids is 1. The van der Waals surface area contributed by atoms with Gasteiger partial charge in [-0.1, -0.05) is 75.4 Å². The van der Waals surface area contributed by atoms with Crippen LogP contribution in [0.4, 0.5) is 0 Å². The normalized spacial score (nSPS) is 13.0. The summed E-state index contributed by atoms with van der Waals surface area (Å²) in [5, 5.41) is 12.2. The standard InChI is InChI=1S/C22H24N2O/c1-16(18-8-6-5-7-9-18)24-21(25)19(15-23)14-17-10-12-20(13-11-17)22(2,3)4/h5-14,16H,1-4H3,(H,24,25)/b19-14-. The van der Waals surface area contributed by atoms with Gasteiger partial charge in [0.1, 0.15) is 11.6 Å². The third-order valence-electron chi connectivity index (χ3n) is 4.10. The fourth-order valence-electron chi connectivity index (χ4n) is 2.49. The van der Waals surface area contributed by atoms with Crippen LogP contribution >= 0.6 is 0 Å². The van der Waals surface area contributed by atoms with Gasteiger partial charge in [0, 0.05) is 0 Å². The molecule has 0 aliphatic carbocycles. The quantitative estimate of drug-likeness (QED) is 0.648. The van der Waals surface area contributed by atoms with Crippen molar-refractivity contribution in [3.63, 3.8) is 0 Å². The van der Waals surface area contributed by atoms with E-state index in [1.165, 1.54) is 5.56 Å². The maximum atomic E-state index is 12.4. The van der Waals surface area contributed by atoms with E-state index in [9.17, 15) is 10.1 Å². The van der Waals surface area contributed by atoms with Crippen molar-refractivity contribution < 1.29 is 4.79 Å². The second-order valence-electron chi connectivity index (χ2n) is 7.15. The average molecular weight is 332 g/mol. The number of benzene rings is 2. The maximum Gasteiger partial charge on any atom is 0.262 e. The number of rotatable bonds is 4.